The molecule has 0 aliphatic carbocycles. The number of rotatable bonds is 4. The van der Waals surface area contributed by atoms with Crippen LogP contribution in [0.15, 0.2) is 170 Å². The maximum atomic E-state index is 2.35. The Balaban J connectivity index is 1.48. The Labute approximate surface area is 246 Å². The molecule has 0 fully saturated rings. The first kappa shape index (κ1) is 24.3. The van der Waals surface area contributed by atoms with Gasteiger partial charge in [-0.15, -0.1) is 0 Å². The van der Waals surface area contributed by atoms with Gasteiger partial charge in [0.25, 0.3) is 0 Å². The maximum Gasteiger partial charge on any atom is -0.00141 e. The standard InChI is InChI=1S/C42H28/c1-3-12-29(13-4-1)31-22-25-33(26-23-31)40-37-18-9-10-19-38(37)41(35-27-24-30-14-7-8-17-34(30)28-35)42-36(20-11-21-39(40)42)32-15-5-2-6-16-32/h1-28H. The summed E-state index contributed by atoms with van der Waals surface area (Å²) in [6.45, 7) is 0. The summed E-state index contributed by atoms with van der Waals surface area (Å²) in [4.78, 5) is 0. The molecule has 0 saturated heterocycles. The SMILES string of the molecule is c1ccc(-c2ccc(-c3c4ccccc4c(-c4ccc5ccccc5c4)c4c(-c5ccccc5)cccc34)cc2)cc1. The van der Waals surface area contributed by atoms with Crippen LogP contribution in [-0.2, 0) is 0 Å². The zero-order chi connectivity index (χ0) is 27.9. The first-order chi connectivity index (χ1) is 20.8. The fourth-order valence-electron chi connectivity index (χ4n) is 6.50. The summed E-state index contributed by atoms with van der Waals surface area (Å²) < 4.78 is 0. The van der Waals surface area contributed by atoms with E-state index in [1.54, 1.807) is 0 Å². The minimum Gasteiger partial charge on any atom is -0.0622 e. The predicted octanol–water partition coefficient (Wildman–Crippen LogP) is 11.8. The highest BCUT2D eigenvalue weighted by Crippen LogP contribution is 2.47. The summed E-state index contributed by atoms with van der Waals surface area (Å²) in [5.74, 6) is 0. The number of hydrogen-bond acceptors (Lipinski definition) is 0. The molecule has 42 heavy (non-hydrogen) atoms. The van der Waals surface area contributed by atoms with Gasteiger partial charge in [0.15, 0.2) is 0 Å². The maximum absolute atomic E-state index is 2.35. The van der Waals surface area contributed by atoms with Gasteiger partial charge in [0.1, 0.15) is 0 Å². The third-order valence-corrected chi connectivity index (χ3v) is 8.45. The lowest BCUT2D eigenvalue weighted by atomic mass is 9.82. The van der Waals surface area contributed by atoms with Crippen LogP contribution in [0, 0.1) is 0 Å². The molecule has 0 saturated carbocycles. The van der Waals surface area contributed by atoms with Crippen LogP contribution in [0.5, 0.6) is 0 Å². The molecule has 0 bridgehead atoms. The van der Waals surface area contributed by atoms with Gasteiger partial charge in [-0.3, -0.25) is 0 Å². The van der Waals surface area contributed by atoms with Crippen molar-refractivity contribution < 1.29 is 0 Å². The van der Waals surface area contributed by atoms with E-state index >= 15 is 0 Å². The van der Waals surface area contributed by atoms with Crippen LogP contribution in [0.1, 0.15) is 0 Å². The van der Waals surface area contributed by atoms with E-state index in [0.717, 1.165) is 0 Å². The van der Waals surface area contributed by atoms with Crippen LogP contribution >= 0.6 is 0 Å². The topological polar surface area (TPSA) is 0 Å². The van der Waals surface area contributed by atoms with E-state index in [2.05, 4.69) is 170 Å². The molecule has 0 nitrogen and oxygen atoms in total. The number of hydrogen-bond donors (Lipinski definition) is 0. The highest BCUT2D eigenvalue weighted by Gasteiger charge is 2.19. The van der Waals surface area contributed by atoms with Crippen molar-refractivity contribution in [2.75, 3.05) is 0 Å². The molecule has 0 heterocycles. The predicted molar refractivity (Wildman–Crippen MR) is 181 cm³/mol. The highest BCUT2D eigenvalue weighted by atomic mass is 14.2. The number of benzene rings is 8. The average molecular weight is 533 g/mol. The monoisotopic (exact) mass is 532 g/mol. The number of fused-ring (bicyclic) bond motifs is 3. The van der Waals surface area contributed by atoms with Crippen LogP contribution in [0.4, 0.5) is 0 Å². The molecule has 0 aliphatic rings. The zero-order valence-corrected chi connectivity index (χ0v) is 23.2. The van der Waals surface area contributed by atoms with Gasteiger partial charge in [0.2, 0.25) is 0 Å². The van der Waals surface area contributed by atoms with Crippen LogP contribution in [-0.4, -0.2) is 0 Å². The fourth-order valence-corrected chi connectivity index (χ4v) is 6.50. The van der Waals surface area contributed by atoms with Crippen molar-refractivity contribution in [3.05, 3.63) is 170 Å². The summed E-state index contributed by atoms with van der Waals surface area (Å²) in [6, 6.07) is 61.7. The minimum atomic E-state index is 1.23. The Bertz CT molecular complexity index is 2210. The van der Waals surface area contributed by atoms with Crippen LogP contribution in [0.3, 0.4) is 0 Å². The van der Waals surface area contributed by atoms with Gasteiger partial charge in [-0.05, 0) is 82.9 Å². The lowest BCUT2D eigenvalue weighted by Crippen LogP contribution is -1.93. The van der Waals surface area contributed by atoms with E-state index in [1.807, 2.05) is 0 Å². The van der Waals surface area contributed by atoms with E-state index in [1.165, 1.54) is 76.8 Å². The van der Waals surface area contributed by atoms with Gasteiger partial charge in [0.05, 0.1) is 0 Å². The second kappa shape index (κ2) is 10.2. The average Bonchev–Trinajstić information content (AvgIpc) is 3.07. The van der Waals surface area contributed by atoms with Crippen molar-refractivity contribution in [3.8, 4) is 44.5 Å². The molecule has 8 aromatic carbocycles. The quantitative estimate of drug-likeness (QED) is 0.198. The van der Waals surface area contributed by atoms with E-state index in [9.17, 15) is 0 Å². The first-order valence-electron chi connectivity index (χ1n) is 14.5. The molecule has 0 heteroatoms. The molecule has 0 unspecified atom stereocenters. The molecule has 8 rings (SSSR count). The normalized spacial score (nSPS) is 11.3. The molecule has 0 N–H and O–H groups in total. The molecule has 196 valence electrons. The summed E-state index contributed by atoms with van der Waals surface area (Å²) in [5.41, 5.74) is 9.98. The van der Waals surface area contributed by atoms with Gasteiger partial charge >= 0.3 is 0 Å². The molecule has 0 aromatic heterocycles. The van der Waals surface area contributed by atoms with Gasteiger partial charge in [-0.25, -0.2) is 0 Å². The molecular weight excluding hydrogens is 504 g/mol. The first-order valence-corrected chi connectivity index (χ1v) is 14.5. The van der Waals surface area contributed by atoms with E-state index in [4.69, 9.17) is 0 Å². The third-order valence-electron chi connectivity index (χ3n) is 8.45. The molecular formula is C42H28. The second-order valence-corrected chi connectivity index (χ2v) is 10.9. The van der Waals surface area contributed by atoms with Crippen molar-refractivity contribution in [2.45, 2.75) is 0 Å². The van der Waals surface area contributed by atoms with Crippen molar-refractivity contribution in [1.82, 2.24) is 0 Å². The Hall–Kier alpha value is -5.46. The summed E-state index contributed by atoms with van der Waals surface area (Å²) in [5, 5.41) is 7.61. The largest absolute Gasteiger partial charge is 0.0622 e. The van der Waals surface area contributed by atoms with Crippen molar-refractivity contribution in [3.63, 3.8) is 0 Å². The van der Waals surface area contributed by atoms with Crippen LogP contribution < -0.4 is 0 Å². The highest BCUT2D eigenvalue weighted by molar-refractivity contribution is 6.25. The van der Waals surface area contributed by atoms with Gasteiger partial charge < -0.3 is 0 Å². The Morgan fingerprint density at radius 3 is 1.52 bits per heavy atom. The van der Waals surface area contributed by atoms with Crippen LogP contribution in [0.25, 0.3) is 76.8 Å². The smallest absolute Gasteiger partial charge is 0.00141 e. The third kappa shape index (κ3) is 4.08. The zero-order valence-electron chi connectivity index (χ0n) is 23.2. The second-order valence-electron chi connectivity index (χ2n) is 10.9. The van der Waals surface area contributed by atoms with Crippen molar-refractivity contribution in [2.24, 2.45) is 0 Å². The summed E-state index contributed by atoms with van der Waals surface area (Å²) >= 11 is 0. The molecule has 0 radical (unpaired) electrons. The molecule has 0 aliphatic heterocycles. The van der Waals surface area contributed by atoms with Crippen molar-refractivity contribution >= 4 is 32.3 Å². The fraction of sp³-hybridized carbons (Fsp3) is 0. The lowest BCUT2D eigenvalue weighted by molar-refractivity contribution is 1.61. The summed E-state index contributed by atoms with van der Waals surface area (Å²) in [6.07, 6.45) is 0. The Morgan fingerprint density at radius 2 is 0.786 bits per heavy atom. The van der Waals surface area contributed by atoms with Gasteiger partial charge in [-0.1, -0.05) is 164 Å². The van der Waals surface area contributed by atoms with E-state index < -0.39 is 0 Å². The Morgan fingerprint density at radius 1 is 0.262 bits per heavy atom. The van der Waals surface area contributed by atoms with E-state index in [-0.39, 0.29) is 0 Å². The molecule has 0 atom stereocenters. The molecule has 8 aromatic rings. The Kier molecular flexibility index (Phi) is 5.90. The summed E-state index contributed by atoms with van der Waals surface area (Å²) in [7, 11) is 0. The van der Waals surface area contributed by atoms with Crippen molar-refractivity contribution in [1.29, 1.82) is 0 Å². The lowest BCUT2D eigenvalue weighted by Gasteiger charge is -2.20. The molecule has 0 amide bonds. The van der Waals surface area contributed by atoms with E-state index in [0.29, 0.717) is 0 Å². The van der Waals surface area contributed by atoms with Gasteiger partial charge in [-0.2, -0.15) is 0 Å². The van der Waals surface area contributed by atoms with Crippen LogP contribution in [0.2, 0.25) is 0 Å². The molecule has 0 spiro atoms. The minimum absolute atomic E-state index is 1.23. The van der Waals surface area contributed by atoms with Gasteiger partial charge in [0, 0.05) is 0 Å².